The summed E-state index contributed by atoms with van der Waals surface area (Å²) in [6.45, 7) is 6.24. The zero-order chi connectivity index (χ0) is 26.3. The lowest BCUT2D eigenvalue weighted by molar-refractivity contribution is -0.135. The quantitative estimate of drug-likeness (QED) is 0.527. The molecule has 2 aromatic carbocycles. The molecule has 1 N–H and O–H groups in total. The number of rotatable bonds is 5. The fraction of sp³-hybridized carbons (Fsp3) is 0.387. The van der Waals surface area contributed by atoms with E-state index in [0.29, 0.717) is 50.5 Å². The fourth-order valence-electron chi connectivity index (χ4n) is 5.23. The Hall–Kier alpha value is -3.73. The first-order valence-electron chi connectivity index (χ1n) is 13.4. The van der Waals surface area contributed by atoms with E-state index in [9.17, 15) is 9.59 Å². The number of hydrogen-bond donors (Lipinski definition) is 1. The Balaban J connectivity index is 1.38. The van der Waals surface area contributed by atoms with Crippen molar-refractivity contribution in [2.75, 3.05) is 44.3 Å². The molecule has 3 heterocycles. The molecule has 7 nitrogen and oxygen atoms in total. The van der Waals surface area contributed by atoms with Gasteiger partial charge in [-0.05, 0) is 61.5 Å². The maximum Gasteiger partial charge on any atom is 0.259 e. The van der Waals surface area contributed by atoms with Crippen LogP contribution in [0.2, 0.25) is 0 Å². The molecule has 2 aliphatic heterocycles. The van der Waals surface area contributed by atoms with Crippen molar-refractivity contribution in [2.24, 2.45) is 0 Å². The Bertz CT molecular complexity index is 1360. The maximum absolute atomic E-state index is 14.1. The number of morpholine rings is 1. The molecule has 1 unspecified atom stereocenters. The number of anilines is 1. The van der Waals surface area contributed by atoms with Crippen LogP contribution in [0, 0.1) is 18.8 Å². The molecule has 38 heavy (non-hydrogen) atoms. The van der Waals surface area contributed by atoms with Crippen LogP contribution >= 0.6 is 0 Å². The van der Waals surface area contributed by atoms with Crippen molar-refractivity contribution >= 4 is 28.4 Å². The van der Waals surface area contributed by atoms with Gasteiger partial charge in [0.25, 0.3) is 5.91 Å². The van der Waals surface area contributed by atoms with Gasteiger partial charge in [0.1, 0.15) is 5.82 Å². The Morgan fingerprint density at radius 3 is 2.82 bits per heavy atom. The minimum atomic E-state index is -0.0758. The topological polar surface area (TPSA) is 74.8 Å². The van der Waals surface area contributed by atoms with Gasteiger partial charge in [0.05, 0.1) is 19.3 Å². The number of ether oxygens (including phenoxy) is 1. The highest BCUT2D eigenvalue weighted by Crippen LogP contribution is 2.31. The summed E-state index contributed by atoms with van der Waals surface area (Å²) < 4.78 is 5.31. The van der Waals surface area contributed by atoms with Gasteiger partial charge in [0.15, 0.2) is 0 Å². The number of benzene rings is 2. The molecular weight excluding hydrogens is 476 g/mol. The second-order valence-corrected chi connectivity index (χ2v) is 9.86. The van der Waals surface area contributed by atoms with Gasteiger partial charge < -0.3 is 15.0 Å². The lowest BCUT2D eigenvalue weighted by Crippen LogP contribution is -2.49. The average molecular weight is 511 g/mol. The van der Waals surface area contributed by atoms with Crippen LogP contribution < -0.4 is 10.2 Å². The van der Waals surface area contributed by atoms with Crippen LogP contribution in [0.1, 0.15) is 47.2 Å². The highest BCUT2D eigenvalue weighted by Gasteiger charge is 2.30. The number of nitrogens with zero attached hydrogens (tertiary/aromatic N) is 3. The monoisotopic (exact) mass is 510 g/mol. The summed E-state index contributed by atoms with van der Waals surface area (Å²) >= 11 is 0. The molecule has 0 spiro atoms. The van der Waals surface area contributed by atoms with Crippen LogP contribution in [-0.4, -0.2) is 67.1 Å². The van der Waals surface area contributed by atoms with Crippen molar-refractivity contribution in [1.29, 1.82) is 0 Å². The number of carbonyl (C=O) groups excluding carboxylic acids is 2. The number of aromatic nitrogens is 1. The summed E-state index contributed by atoms with van der Waals surface area (Å²) in [6, 6.07) is 15.6. The number of fused-ring (bicyclic) bond motifs is 1. The van der Waals surface area contributed by atoms with Crippen LogP contribution in [-0.2, 0) is 9.53 Å². The number of carbonyl (C=O) groups is 2. The molecule has 1 aromatic heterocycles. The van der Waals surface area contributed by atoms with Gasteiger partial charge >= 0.3 is 0 Å². The molecule has 0 bridgehead atoms. The highest BCUT2D eigenvalue weighted by atomic mass is 16.5. The third-order valence-electron chi connectivity index (χ3n) is 7.23. The number of nitrogens with one attached hydrogen (secondary N) is 1. The lowest BCUT2D eigenvalue weighted by Gasteiger charge is -2.35. The van der Waals surface area contributed by atoms with Crippen molar-refractivity contribution < 1.29 is 14.3 Å². The molecule has 2 amide bonds. The largest absolute Gasteiger partial charge is 0.378 e. The van der Waals surface area contributed by atoms with Crippen molar-refractivity contribution in [3.8, 4) is 11.8 Å². The molecule has 2 saturated heterocycles. The first-order valence-corrected chi connectivity index (χ1v) is 13.4. The predicted molar refractivity (Wildman–Crippen MR) is 149 cm³/mol. The van der Waals surface area contributed by atoms with Crippen LogP contribution in [0.4, 0.5) is 5.82 Å². The number of hydrogen-bond acceptors (Lipinski definition) is 5. The summed E-state index contributed by atoms with van der Waals surface area (Å²) in [4.78, 5) is 34.9. The maximum atomic E-state index is 14.1. The Labute approximate surface area is 224 Å². The number of pyridine rings is 1. The van der Waals surface area contributed by atoms with Gasteiger partial charge in [-0.15, -0.1) is 0 Å². The van der Waals surface area contributed by atoms with Gasteiger partial charge in [-0.3, -0.25) is 14.5 Å². The minimum absolute atomic E-state index is 0.00916. The van der Waals surface area contributed by atoms with Gasteiger partial charge in [0, 0.05) is 55.2 Å². The molecule has 7 heteroatoms. The third-order valence-corrected chi connectivity index (χ3v) is 7.23. The highest BCUT2D eigenvalue weighted by molar-refractivity contribution is 6.11. The van der Waals surface area contributed by atoms with Crippen molar-refractivity contribution in [3.63, 3.8) is 0 Å². The molecule has 5 rings (SSSR count). The van der Waals surface area contributed by atoms with Gasteiger partial charge in [-0.1, -0.05) is 36.1 Å². The molecular formula is C31H34N4O3. The van der Waals surface area contributed by atoms with Crippen LogP contribution in [0.5, 0.6) is 0 Å². The second kappa shape index (κ2) is 12.2. The zero-order valence-corrected chi connectivity index (χ0v) is 21.9. The molecule has 0 aliphatic carbocycles. The molecule has 3 aromatic rings. The van der Waals surface area contributed by atoms with Crippen molar-refractivity contribution in [3.05, 3.63) is 71.4 Å². The van der Waals surface area contributed by atoms with Gasteiger partial charge in [0.2, 0.25) is 5.91 Å². The molecule has 0 radical (unpaired) electrons. The van der Waals surface area contributed by atoms with E-state index in [2.05, 4.69) is 36.2 Å². The van der Waals surface area contributed by atoms with Crippen LogP contribution in [0.15, 0.2) is 54.7 Å². The van der Waals surface area contributed by atoms with Crippen LogP contribution in [0.3, 0.4) is 0 Å². The Morgan fingerprint density at radius 2 is 2.00 bits per heavy atom. The standard InChI is InChI=1S/C31H34N4O3/c1-23-7-4-10-25-14-16-33-30(29(23)25)35(27-12-6-15-32-22-27)31(37)26-11-5-9-24(21-26)8-2-3-13-28(36)34-17-19-38-20-18-34/h4-5,7,9-11,14,16,21,27,32H,3,6,12-13,15,17-20,22H2,1H3. The van der Waals surface area contributed by atoms with E-state index in [1.807, 2.05) is 46.2 Å². The van der Waals surface area contributed by atoms with Gasteiger partial charge in [-0.25, -0.2) is 4.98 Å². The molecule has 2 fully saturated rings. The molecule has 0 saturated carbocycles. The van der Waals surface area contributed by atoms with E-state index in [-0.39, 0.29) is 17.9 Å². The second-order valence-electron chi connectivity index (χ2n) is 9.86. The molecule has 196 valence electrons. The normalized spacial score (nSPS) is 17.5. The summed E-state index contributed by atoms with van der Waals surface area (Å²) in [5.41, 5.74) is 2.44. The summed E-state index contributed by atoms with van der Waals surface area (Å²) in [6.07, 6.45) is 4.58. The summed E-state index contributed by atoms with van der Waals surface area (Å²) in [5, 5.41) is 5.53. The van der Waals surface area contributed by atoms with Crippen molar-refractivity contribution in [1.82, 2.24) is 15.2 Å². The number of amides is 2. The summed E-state index contributed by atoms with van der Waals surface area (Å²) in [7, 11) is 0. The first-order chi connectivity index (χ1) is 18.6. The Kier molecular flexibility index (Phi) is 8.32. The number of aryl methyl sites for hydroxylation is 1. The third kappa shape index (κ3) is 5.88. The van der Waals surface area contributed by atoms with Crippen LogP contribution in [0.25, 0.3) is 10.8 Å². The Morgan fingerprint density at radius 1 is 1.16 bits per heavy atom. The minimum Gasteiger partial charge on any atom is -0.378 e. The zero-order valence-electron chi connectivity index (χ0n) is 21.9. The van der Waals surface area contributed by atoms with Gasteiger partial charge in [-0.2, -0.15) is 0 Å². The SMILES string of the molecule is Cc1cccc2ccnc(N(C(=O)c3cccc(C#CCCC(=O)N4CCOCC4)c3)C3CCCNC3)c12. The molecule has 2 aliphatic rings. The first kappa shape index (κ1) is 25.9. The molecule has 1 atom stereocenters. The number of piperidine rings is 1. The van der Waals surface area contributed by atoms with E-state index in [0.717, 1.165) is 47.8 Å². The smallest absolute Gasteiger partial charge is 0.259 e. The predicted octanol–water partition coefficient (Wildman–Crippen LogP) is 3.93. The van der Waals surface area contributed by atoms with E-state index >= 15 is 0 Å². The van der Waals surface area contributed by atoms with E-state index in [1.165, 1.54) is 0 Å². The van der Waals surface area contributed by atoms with E-state index in [4.69, 9.17) is 9.72 Å². The lowest BCUT2D eigenvalue weighted by atomic mass is 10.0. The fourth-order valence-corrected chi connectivity index (χ4v) is 5.23. The summed E-state index contributed by atoms with van der Waals surface area (Å²) in [5.74, 6) is 7.01. The average Bonchev–Trinajstić information content (AvgIpc) is 2.97. The van der Waals surface area contributed by atoms with E-state index < -0.39 is 0 Å². The van der Waals surface area contributed by atoms with Crippen molar-refractivity contribution in [2.45, 2.75) is 38.6 Å². The van der Waals surface area contributed by atoms with E-state index in [1.54, 1.807) is 6.20 Å².